The molecule has 2 aromatic heterocycles. The van der Waals surface area contributed by atoms with E-state index < -0.39 is 6.09 Å². The summed E-state index contributed by atoms with van der Waals surface area (Å²) >= 11 is 3.14. The number of amides is 1. The van der Waals surface area contributed by atoms with Gasteiger partial charge in [-0.25, -0.2) is 4.79 Å². The lowest BCUT2D eigenvalue weighted by Gasteiger charge is -2.37. The summed E-state index contributed by atoms with van der Waals surface area (Å²) in [6.07, 6.45) is 1.59. The molecule has 8 heteroatoms. The number of hydrogen-bond donors (Lipinski definition) is 1. The van der Waals surface area contributed by atoms with Crippen LogP contribution in [0.5, 0.6) is 0 Å². The molecular weight excluding hydrogens is 466 g/mol. The molecule has 1 aromatic carbocycles. The van der Waals surface area contributed by atoms with E-state index in [9.17, 15) is 10.1 Å². The van der Waals surface area contributed by atoms with Crippen LogP contribution in [-0.2, 0) is 16.1 Å². The number of allylic oxidation sites excluding steroid dienone is 1. The first-order chi connectivity index (χ1) is 16.6. The summed E-state index contributed by atoms with van der Waals surface area (Å²) < 4.78 is 11.6. The molecule has 1 atom stereocenters. The zero-order valence-electron chi connectivity index (χ0n) is 18.1. The molecule has 0 spiro atoms. The highest BCUT2D eigenvalue weighted by atomic mass is 32.1. The van der Waals surface area contributed by atoms with E-state index in [0.29, 0.717) is 17.9 Å². The number of thiophene rings is 2. The molecule has 4 heterocycles. The quantitative estimate of drug-likeness (QED) is 0.517. The number of benzene rings is 1. The number of nitriles is 1. The van der Waals surface area contributed by atoms with Crippen LogP contribution in [0.1, 0.15) is 21.2 Å². The monoisotopic (exact) mass is 487 g/mol. The summed E-state index contributed by atoms with van der Waals surface area (Å²) in [5, 5.41) is 13.8. The van der Waals surface area contributed by atoms with E-state index in [4.69, 9.17) is 15.2 Å². The van der Waals surface area contributed by atoms with Gasteiger partial charge in [-0.2, -0.15) is 5.26 Å². The van der Waals surface area contributed by atoms with Crippen LogP contribution in [0, 0.1) is 11.3 Å². The third-order valence-electron chi connectivity index (χ3n) is 5.69. The number of nitrogens with zero attached hydrogens (tertiary/aromatic N) is 2. The van der Waals surface area contributed by atoms with Crippen molar-refractivity contribution in [2.75, 3.05) is 13.1 Å². The van der Waals surface area contributed by atoms with Crippen LogP contribution in [0.3, 0.4) is 0 Å². The Bertz CT molecular complexity index is 1320. The molecule has 0 saturated heterocycles. The first-order valence-corrected chi connectivity index (χ1v) is 12.4. The van der Waals surface area contributed by atoms with Gasteiger partial charge in [0, 0.05) is 20.9 Å². The summed E-state index contributed by atoms with van der Waals surface area (Å²) in [6, 6.07) is 19.7. The summed E-state index contributed by atoms with van der Waals surface area (Å²) in [4.78, 5) is 16.8. The van der Waals surface area contributed by atoms with Crippen LogP contribution in [0.25, 0.3) is 6.08 Å². The Labute approximate surface area is 205 Å². The predicted molar refractivity (Wildman–Crippen MR) is 132 cm³/mol. The van der Waals surface area contributed by atoms with Crippen LogP contribution in [0.2, 0.25) is 0 Å². The molecule has 2 N–H and O–H groups in total. The number of nitrogens with two attached hydrogens (primary N) is 1. The van der Waals surface area contributed by atoms with Gasteiger partial charge in [-0.1, -0.05) is 42.5 Å². The van der Waals surface area contributed by atoms with Gasteiger partial charge in [0.25, 0.3) is 0 Å². The fraction of sp³-hybridized carbons (Fsp3) is 0.154. The molecule has 0 radical (unpaired) electrons. The van der Waals surface area contributed by atoms with E-state index in [1.807, 2.05) is 71.4 Å². The average Bonchev–Trinajstić information content (AvgIpc) is 3.57. The second-order valence-electron chi connectivity index (χ2n) is 7.88. The Kier molecular flexibility index (Phi) is 6.21. The highest BCUT2D eigenvalue weighted by molar-refractivity contribution is 7.10. The topological polar surface area (TPSA) is 88.6 Å². The molecule has 6 nitrogen and oxygen atoms in total. The second-order valence-corrected chi connectivity index (χ2v) is 9.83. The number of ether oxygens (including phenoxy) is 2. The van der Waals surface area contributed by atoms with Crippen LogP contribution in [-0.4, -0.2) is 24.1 Å². The number of hydrogen-bond acceptors (Lipinski definition) is 7. The zero-order chi connectivity index (χ0) is 23.5. The highest BCUT2D eigenvalue weighted by Gasteiger charge is 2.39. The van der Waals surface area contributed by atoms with Crippen molar-refractivity contribution in [3.8, 4) is 6.07 Å². The molecule has 0 fully saturated rings. The van der Waals surface area contributed by atoms with E-state index in [0.717, 1.165) is 26.5 Å². The molecule has 1 unspecified atom stereocenters. The molecule has 3 aromatic rings. The largest absolute Gasteiger partial charge is 0.445 e. The van der Waals surface area contributed by atoms with Gasteiger partial charge in [-0.15, -0.1) is 22.7 Å². The minimum Gasteiger partial charge on any atom is -0.445 e. The first kappa shape index (κ1) is 22.0. The lowest BCUT2D eigenvalue weighted by Crippen LogP contribution is -2.41. The minimum atomic E-state index is -0.418. The van der Waals surface area contributed by atoms with Crippen LogP contribution in [0.4, 0.5) is 4.79 Å². The Morgan fingerprint density at radius 3 is 2.65 bits per heavy atom. The Morgan fingerprint density at radius 2 is 1.94 bits per heavy atom. The number of carbonyl (C=O) groups excluding carboxylic acids is 1. The third kappa shape index (κ3) is 4.36. The molecule has 0 saturated carbocycles. The van der Waals surface area contributed by atoms with Gasteiger partial charge in [0.2, 0.25) is 5.88 Å². The van der Waals surface area contributed by atoms with Crippen molar-refractivity contribution in [1.82, 2.24) is 4.90 Å². The van der Waals surface area contributed by atoms with Crippen molar-refractivity contribution < 1.29 is 14.3 Å². The molecule has 0 aliphatic carbocycles. The maximum Gasteiger partial charge on any atom is 0.410 e. The van der Waals surface area contributed by atoms with Gasteiger partial charge in [0.15, 0.2) is 0 Å². The van der Waals surface area contributed by atoms with E-state index in [1.54, 1.807) is 27.6 Å². The van der Waals surface area contributed by atoms with Crippen LogP contribution < -0.4 is 5.73 Å². The molecule has 5 rings (SSSR count). The number of carbonyl (C=O) groups is 1. The smallest absolute Gasteiger partial charge is 0.410 e. The minimum absolute atomic E-state index is 0.108. The fourth-order valence-electron chi connectivity index (χ4n) is 4.14. The van der Waals surface area contributed by atoms with Crippen LogP contribution >= 0.6 is 22.7 Å². The highest BCUT2D eigenvalue weighted by Crippen LogP contribution is 2.45. The maximum absolute atomic E-state index is 13.1. The molecule has 0 bridgehead atoms. The molecular formula is C26H21N3O3S2. The van der Waals surface area contributed by atoms with Crippen molar-refractivity contribution in [3.05, 3.63) is 109 Å². The van der Waals surface area contributed by atoms with E-state index in [-0.39, 0.29) is 25.0 Å². The zero-order valence-corrected chi connectivity index (χ0v) is 19.8. The molecule has 170 valence electrons. The molecule has 34 heavy (non-hydrogen) atoms. The SMILES string of the molecule is N#CC1=C(N)OC2=C(CN(C(=O)OCc3ccccc3)CC2=Cc2cccs2)C1c1cccs1. The lowest BCUT2D eigenvalue weighted by molar-refractivity contribution is 0.0983. The maximum atomic E-state index is 13.1. The van der Waals surface area contributed by atoms with Crippen LogP contribution in [0.15, 0.2) is 93.7 Å². The first-order valence-electron chi connectivity index (χ1n) is 10.7. The van der Waals surface area contributed by atoms with Crippen molar-refractivity contribution in [2.24, 2.45) is 5.73 Å². The standard InChI is InChI=1S/C26H21N3O3S2/c27-13-20-23(22-9-5-11-34-22)21-15-29(26(30)31-16-17-6-2-1-3-7-17)14-18(24(21)32-25(20)28)12-19-8-4-10-33-19/h1-12,23H,14-16,28H2. The van der Waals surface area contributed by atoms with Gasteiger partial charge in [-0.3, -0.25) is 4.90 Å². The van der Waals surface area contributed by atoms with Crippen molar-refractivity contribution >= 4 is 34.8 Å². The Morgan fingerprint density at radius 1 is 1.15 bits per heavy atom. The third-order valence-corrected chi connectivity index (χ3v) is 7.45. The van der Waals surface area contributed by atoms with Gasteiger partial charge in [0.1, 0.15) is 24.0 Å². The second kappa shape index (κ2) is 9.59. The average molecular weight is 488 g/mol. The van der Waals surface area contributed by atoms with Gasteiger partial charge >= 0.3 is 6.09 Å². The summed E-state index contributed by atoms with van der Waals surface area (Å²) in [6.45, 7) is 0.787. The Balaban J connectivity index is 1.51. The number of rotatable bonds is 4. The van der Waals surface area contributed by atoms with E-state index in [2.05, 4.69) is 6.07 Å². The summed E-state index contributed by atoms with van der Waals surface area (Å²) in [5.74, 6) is 0.373. The Hall–Kier alpha value is -3.80. The lowest BCUT2D eigenvalue weighted by atomic mass is 9.84. The van der Waals surface area contributed by atoms with Gasteiger partial charge in [-0.05, 0) is 34.5 Å². The van der Waals surface area contributed by atoms with Gasteiger partial charge < -0.3 is 15.2 Å². The fourth-order valence-corrected chi connectivity index (χ4v) is 5.69. The molecule has 2 aliphatic rings. The van der Waals surface area contributed by atoms with E-state index >= 15 is 0 Å². The summed E-state index contributed by atoms with van der Waals surface area (Å²) in [7, 11) is 0. The van der Waals surface area contributed by atoms with Crippen molar-refractivity contribution in [1.29, 1.82) is 5.26 Å². The van der Waals surface area contributed by atoms with E-state index in [1.165, 1.54) is 0 Å². The molecule has 2 aliphatic heterocycles. The van der Waals surface area contributed by atoms with Crippen molar-refractivity contribution in [2.45, 2.75) is 12.5 Å². The predicted octanol–water partition coefficient (Wildman–Crippen LogP) is 5.61. The summed E-state index contributed by atoms with van der Waals surface area (Å²) in [5.41, 5.74) is 9.14. The normalized spacial score (nSPS) is 19.0. The molecule has 1 amide bonds. The van der Waals surface area contributed by atoms with Crippen molar-refractivity contribution in [3.63, 3.8) is 0 Å². The van der Waals surface area contributed by atoms with Gasteiger partial charge in [0.05, 0.1) is 19.0 Å².